The van der Waals surface area contributed by atoms with E-state index in [1.807, 2.05) is 0 Å². The van der Waals surface area contributed by atoms with Gasteiger partial charge in [0.25, 0.3) is 5.91 Å². The van der Waals surface area contributed by atoms with Gasteiger partial charge in [0.1, 0.15) is 5.69 Å². The zero-order chi connectivity index (χ0) is 13.0. The molecule has 1 aromatic heterocycles. The first-order valence-corrected chi connectivity index (χ1v) is 5.98. The molecule has 3 N–H and O–H groups in total. The fourth-order valence-electron chi connectivity index (χ4n) is 1.92. The Morgan fingerprint density at radius 2 is 2.50 bits per heavy atom. The van der Waals surface area contributed by atoms with Gasteiger partial charge < -0.3 is 25.0 Å². The first-order chi connectivity index (χ1) is 8.74. The van der Waals surface area contributed by atoms with Crippen molar-refractivity contribution in [1.82, 2.24) is 14.5 Å². The van der Waals surface area contributed by atoms with Crippen LogP contribution in [0.15, 0.2) is 12.5 Å². The molecule has 2 heterocycles. The minimum absolute atomic E-state index is 0.0780. The molecule has 1 amide bonds. The predicted molar refractivity (Wildman–Crippen MR) is 64.0 cm³/mol. The third-order valence-electron chi connectivity index (χ3n) is 2.87. The molecule has 18 heavy (non-hydrogen) atoms. The highest BCUT2D eigenvalue weighted by Crippen LogP contribution is 2.09. The Morgan fingerprint density at radius 1 is 1.67 bits per heavy atom. The van der Waals surface area contributed by atoms with Crippen molar-refractivity contribution in [2.45, 2.75) is 12.6 Å². The summed E-state index contributed by atoms with van der Waals surface area (Å²) in [5, 5.41) is 9.04. The molecular weight excluding hydrogens is 236 g/mol. The number of aromatic nitrogens is 2. The van der Waals surface area contributed by atoms with Crippen molar-refractivity contribution in [3.05, 3.63) is 18.2 Å². The van der Waals surface area contributed by atoms with E-state index in [0.29, 0.717) is 38.5 Å². The Labute approximate surface area is 105 Å². The summed E-state index contributed by atoms with van der Waals surface area (Å²) in [5.74, 6) is -0.132. The minimum Gasteiger partial charge on any atom is -0.394 e. The molecule has 1 aliphatic heterocycles. The van der Waals surface area contributed by atoms with Crippen LogP contribution in [-0.2, 0) is 11.3 Å². The lowest BCUT2D eigenvalue weighted by Gasteiger charge is -2.31. The minimum atomic E-state index is -0.297. The van der Waals surface area contributed by atoms with Gasteiger partial charge in [-0.2, -0.15) is 0 Å². The second kappa shape index (κ2) is 5.94. The largest absolute Gasteiger partial charge is 0.394 e. The van der Waals surface area contributed by atoms with E-state index < -0.39 is 0 Å². The maximum Gasteiger partial charge on any atom is 0.274 e. The van der Waals surface area contributed by atoms with Crippen LogP contribution in [0.4, 0.5) is 0 Å². The van der Waals surface area contributed by atoms with Gasteiger partial charge in [0.2, 0.25) is 0 Å². The van der Waals surface area contributed by atoms with Crippen molar-refractivity contribution < 1.29 is 14.6 Å². The zero-order valence-electron chi connectivity index (χ0n) is 10.2. The predicted octanol–water partition coefficient (Wildman–Crippen LogP) is -1.32. The molecule has 1 atom stereocenters. The third-order valence-corrected chi connectivity index (χ3v) is 2.87. The van der Waals surface area contributed by atoms with Crippen LogP contribution in [0.2, 0.25) is 0 Å². The van der Waals surface area contributed by atoms with Crippen LogP contribution < -0.4 is 5.73 Å². The summed E-state index contributed by atoms with van der Waals surface area (Å²) in [6.45, 7) is 2.45. The molecule has 0 aliphatic carbocycles. The van der Waals surface area contributed by atoms with E-state index in [1.165, 1.54) is 0 Å². The highest BCUT2D eigenvalue weighted by atomic mass is 16.5. The van der Waals surface area contributed by atoms with Gasteiger partial charge in [-0.1, -0.05) is 0 Å². The van der Waals surface area contributed by atoms with E-state index in [2.05, 4.69) is 4.98 Å². The number of nitrogens with zero attached hydrogens (tertiary/aromatic N) is 3. The number of nitrogens with two attached hydrogens (primary N) is 1. The van der Waals surface area contributed by atoms with Crippen molar-refractivity contribution in [2.24, 2.45) is 5.73 Å². The number of aliphatic hydroxyl groups excluding tert-OH is 1. The lowest BCUT2D eigenvalue weighted by molar-refractivity contribution is -0.0448. The molecule has 1 saturated heterocycles. The number of imidazole rings is 1. The van der Waals surface area contributed by atoms with Gasteiger partial charge in [-0.25, -0.2) is 4.98 Å². The van der Waals surface area contributed by atoms with Crippen LogP contribution in [0.25, 0.3) is 0 Å². The lowest BCUT2D eigenvalue weighted by atomic mass is 10.2. The summed E-state index contributed by atoms with van der Waals surface area (Å²) in [7, 11) is 0. The summed E-state index contributed by atoms with van der Waals surface area (Å²) in [6, 6.07) is 0. The molecule has 0 bridgehead atoms. The number of carbonyl (C=O) groups is 1. The molecule has 0 saturated carbocycles. The maximum absolute atomic E-state index is 12.2. The number of aliphatic hydroxyl groups is 1. The standard InChI is InChI=1S/C11H18N4O3/c12-1-2-14-6-10(13-8-14)11(17)15-3-4-18-9(5-15)7-16/h6,8-9,16H,1-5,7,12H2. The Morgan fingerprint density at radius 3 is 3.22 bits per heavy atom. The molecular formula is C11H18N4O3. The van der Waals surface area contributed by atoms with Crippen molar-refractivity contribution in [3.8, 4) is 0 Å². The molecule has 7 nitrogen and oxygen atoms in total. The highest BCUT2D eigenvalue weighted by Gasteiger charge is 2.25. The van der Waals surface area contributed by atoms with Gasteiger partial charge >= 0.3 is 0 Å². The average Bonchev–Trinajstić information content (AvgIpc) is 2.87. The van der Waals surface area contributed by atoms with Crippen LogP contribution in [0, 0.1) is 0 Å². The molecule has 1 unspecified atom stereocenters. The number of hydrogen-bond acceptors (Lipinski definition) is 5. The quantitative estimate of drug-likeness (QED) is 0.694. The Balaban J connectivity index is 2.00. The second-order valence-corrected chi connectivity index (χ2v) is 4.21. The molecule has 7 heteroatoms. The van der Waals surface area contributed by atoms with Gasteiger partial charge in [0.15, 0.2) is 0 Å². The number of carbonyl (C=O) groups excluding carboxylic acids is 1. The first-order valence-electron chi connectivity index (χ1n) is 5.98. The topological polar surface area (TPSA) is 93.6 Å². The number of amides is 1. The SMILES string of the molecule is NCCn1cnc(C(=O)N2CCOC(CO)C2)c1. The number of ether oxygens (including phenoxy) is 1. The number of rotatable bonds is 4. The fraction of sp³-hybridized carbons (Fsp3) is 0.636. The van der Waals surface area contributed by atoms with E-state index in [1.54, 1.807) is 22.0 Å². The summed E-state index contributed by atoms with van der Waals surface area (Å²) < 4.78 is 7.09. The van der Waals surface area contributed by atoms with Gasteiger partial charge in [-0.05, 0) is 0 Å². The smallest absolute Gasteiger partial charge is 0.274 e. The monoisotopic (exact) mass is 254 g/mol. The summed E-state index contributed by atoms with van der Waals surface area (Å²) in [6.07, 6.45) is 3.00. The third kappa shape index (κ3) is 2.87. The first kappa shape index (κ1) is 13.0. The molecule has 0 radical (unpaired) electrons. The Hall–Kier alpha value is -1.44. The number of morpholine rings is 1. The second-order valence-electron chi connectivity index (χ2n) is 4.21. The summed E-state index contributed by atoms with van der Waals surface area (Å²) >= 11 is 0. The molecule has 1 aromatic rings. The molecule has 100 valence electrons. The van der Waals surface area contributed by atoms with Gasteiger partial charge in [0.05, 0.1) is 25.6 Å². The molecule has 1 fully saturated rings. The van der Waals surface area contributed by atoms with Crippen molar-refractivity contribution in [3.63, 3.8) is 0 Å². The lowest BCUT2D eigenvalue weighted by Crippen LogP contribution is -2.47. The summed E-state index contributed by atoms with van der Waals surface area (Å²) in [5.41, 5.74) is 5.84. The zero-order valence-corrected chi connectivity index (χ0v) is 10.2. The van der Waals surface area contributed by atoms with E-state index >= 15 is 0 Å². The molecule has 2 rings (SSSR count). The van der Waals surface area contributed by atoms with Gasteiger partial charge in [-0.3, -0.25) is 4.79 Å². The maximum atomic E-state index is 12.2. The van der Waals surface area contributed by atoms with Crippen LogP contribution in [-0.4, -0.2) is 64.4 Å². The number of hydrogen-bond donors (Lipinski definition) is 2. The van der Waals surface area contributed by atoms with Crippen molar-refractivity contribution in [1.29, 1.82) is 0 Å². The summed E-state index contributed by atoms with van der Waals surface area (Å²) in [4.78, 5) is 17.9. The Bertz CT molecular complexity index is 407. The van der Waals surface area contributed by atoms with Crippen molar-refractivity contribution in [2.75, 3.05) is 32.8 Å². The molecule has 1 aliphatic rings. The fourth-order valence-corrected chi connectivity index (χ4v) is 1.92. The van der Waals surface area contributed by atoms with Crippen LogP contribution in [0.1, 0.15) is 10.5 Å². The van der Waals surface area contributed by atoms with E-state index in [4.69, 9.17) is 15.6 Å². The average molecular weight is 254 g/mol. The van der Waals surface area contributed by atoms with Gasteiger partial charge in [0, 0.05) is 32.4 Å². The normalized spacial score (nSPS) is 20.1. The van der Waals surface area contributed by atoms with Crippen molar-refractivity contribution >= 4 is 5.91 Å². The van der Waals surface area contributed by atoms with E-state index in [-0.39, 0.29) is 18.6 Å². The van der Waals surface area contributed by atoms with Gasteiger partial charge in [-0.15, -0.1) is 0 Å². The Kier molecular flexibility index (Phi) is 4.29. The molecule has 0 spiro atoms. The molecule has 0 aromatic carbocycles. The van der Waals surface area contributed by atoms with Crippen LogP contribution in [0.3, 0.4) is 0 Å². The highest BCUT2D eigenvalue weighted by molar-refractivity contribution is 5.92. The van der Waals surface area contributed by atoms with E-state index in [0.717, 1.165) is 0 Å². The van der Waals surface area contributed by atoms with E-state index in [9.17, 15) is 4.79 Å². The van der Waals surface area contributed by atoms with Crippen LogP contribution >= 0.6 is 0 Å². The van der Waals surface area contributed by atoms with Crippen LogP contribution in [0.5, 0.6) is 0 Å².